The van der Waals surface area contributed by atoms with E-state index in [1.54, 1.807) is 36.4 Å². The first-order chi connectivity index (χ1) is 15.3. The molecule has 1 atom stereocenters. The van der Waals surface area contributed by atoms with Gasteiger partial charge in [-0.15, -0.1) is 0 Å². The third-order valence-electron chi connectivity index (χ3n) is 5.29. The van der Waals surface area contributed by atoms with E-state index in [-0.39, 0.29) is 29.4 Å². The normalized spacial score (nSPS) is 17.8. The van der Waals surface area contributed by atoms with Crippen LogP contribution < -0.4 is 9.47 Å². The zero-order chi connectivity index (χ0) is 23.4. The number of Topliss-reactive ketones (excluding diaryl/α,β-unsaturated/α-hetero) is 1. The second-order valence-electron chi connectivity index (χ2n) is 7.68. The molecule has 1 saturated heterocycles. The van der Waals surface area contributed by atoms with Crippen LogP contribution in [0, 0.1) is 0 Å². The zero-order valence-corrected chi connectivity index (χ0v) is 18.7. The molecule has 0 saturated carbocycles. The fourth-order valence-electron chi connectivity index (χ4n) is 3.67. The fourth-order valence-corrected chi connectivity index (χ4v) is 3.67. The number of phenols is 1. The summed E-state index contributed by atoms with van der Waals surface area (Å²) in [4.78, 5) is 29.2. The first-order valence-electron chi connectivity index (χ1n) is 10.3. The van der Waals surface area contributed by atoms with Gasteiger partial charge in [-0.1, -0.05) is 6.07 Å². The van der Waals surface area contributed by atoms with Gasteiger partial charge in [0.2, 0.25) is 0 Å². The second kappa shape index (κ2) is 9.74. The maximum Gasteiger partial charge on any atom is 0.295 e. The Morgan fingerprint density at radius 3 is 2.38 bits per heavy atom. The third-order valence-corrected chi connectivity index (χ3v) is 5.29. The molecule has 1 aliphatic heterocycles. The van der Waals surface area contributed by atoms with E-state index >= 15 is 0 Å². The van der Waals surface area contributed by atoms with Gasteiger partial charge >= 0.3 is 0 Å². The number of benzene rings is 2. The summed E-state index contributed by atoms with van der Waals surface area (Å²) in [5.41, 5.74) is 0.859. The second-order valence-corrected chi connectivity index (χ2v) is 7.68. The van der Waals surface area contributed by atoms with Gasteiger partial charge in [0, 0.05) is 18.7 Å². The van der Waals surface area contributed by atoms with Gasteiger partial charge < -0.3 is 29.5 Å². The average molecular weight is 440 g/mol. The first-order valence-corrected chi connectivity index (χ1v) is 10.3. The van der Waals surface area contributed by atoms with Crippen LogP contribution in [0.5, 0.6) is 17.2 Å². The Labute approximate surface area is 187 Å². The van der Waals surface area contributed by atoms with Gasteiger partial charge in [0.05, 0.1) is 25.3 Å². The van der Waals surface area contributed by atoms with Crippen molar-refractivity contribution in [1.29, 1.82) is 0 Å². The molecule has 2 aromatic rings. The SMILES string of the molecule is CCOc1ccc(/C(O)=C2/C(=O)C(=O)N(CCN(C)C)C2c2ccc(OC)c(O)c2)cc1. The number of aliphatic hydroxyl groups excluding tert-OH is 1. The van der Waals surface area contributed by atoms with E-state index in [4.69, 9.17) is 9.47 Å². The largest absolute Gasteiger partial charge is 0.507 e. The molecular formula is C24H28N2O6. The molecule has 8 heteroatoms. The Morgan fingerprint density at radius 1 is 1.12 bits per heavy atom. The number of aliphatic hydroxyl groups is 1. The van der Waals surface area contributed by atoms with Crippen molar-refractivity contribution in [3.8, 4) is 17.2 Å². The molecule has 8 nitrogen and oxygen atoms in total. The number of likely N-dealkylation sites (tertiary alicyclic amines) is 1. The van der Waals surface area contributed by atoms with E-state index in [1.807, 2.05) is 25.9 Å². The smallest absolute Gasteiger partial charge is 0.295 e. The number of aromatic hydroxyl groups is 1. The molecule has 0 aromatic heterocycles. The Balaban J connectivity index is 2.12. The van der Waals surface area contributed by atoms with Gasteiger partial charge in [0.1, 0.15) is 11.5 Å². The highest BCUT2D eigenvalue weighted by Crippen LogP contribution is 2.41. The van der Waals surface area contributed by atoms with Crippen LogP contribution in [0.4, 0.5) is 0 Å². The summed E-state index contributed by atoms with van der Waals surface area (Å²) in [6.45, 7) is 3.17. The summed E-state index contributed by atoms with van der Waals surface area (Å²) in [5.74, 6) is -0.962. The number of phenolic OH excluding ortho intramolecular Hbond substituents is 1. The number of carbonyl (C=O) groups excluding carboxylic acids is 2. The van der Waals surface area contributed by atoms with Crippen LogP contribution in [0.25, 0.3) is 5.76 Å². The van der Waals surface area contributed by atoms with Crippen LogP contribution in [0.2, 0.25) is 0 Å². The van der Waals surface area contributed by atoms with Gasteiger partial charge in [0.15, 0.2) is 11.5 Å². The maximum atomic E-state index is 13.0. The number of carbonyl (C=O) groups is 2. The first kappa shape index (κ1) is 23.1. The number of amides is 1. The lowest BCUT2D eigenvalue weighted by Gasteiger charge is -2.26. The summed E-state index contributed by atoms with van der Waals surface area (Å²) in [6, 6.07) is 10.5. The molecule has 32 heavy (non-hydrogen) atoms. The van der Waals surface area contributed by atoms with Crippen LogP contribution in [0.15, 0.2) is 48.0 Å². The number of ether oxygens (including phenoxy) is 2. The van der Waals surface area contributed by atoms with Crippen molar-refractivity contribution in [2.75, 3.05) is 40.9 Å². The number of hydrogen-bond acceptors (Lipinski definition) is 7. The quantitative estimate of drug-likeness (QED) is 0.370. The molecule has 2 aromatic carbocycles. The van der Waals surface area contributed by atoms with Crippen molar-refractivity contribution in [2.45, 2.75) is 13.0 Å². The van der Waals surface area contributed by atoms with E-state index in [0.29, 0.717) is 30.0 Å². The minimum atomic E-state index is -0.849. The molecule has 1 unspecified atom stereocenters. The molecular weight excluding hydrogens is 412 g/mol. The van der Waals surface area contributed by atoms with E-state index in [2.05, 4.69) is 0 Å². The number of likely N-dealkylation sites (N-methyl/N-ethyl adjacent to an activating group) is 1. The van der Waals surface area contributed by atoms with E-state index in [1.165, 1.54) is 18.1 Å². The predicted octanol–water partition coefficient (Wildman–Crippen LogP) is 2.78. The summed E-state index contributed by atoms with van der Waals surface area (Å²) in [6.07, 6.45) is 0. The molecule has 0 radical (unpaired) electrons. The number of nitrogens with zero attached hydrogens (tertiary/aromatic N) is 2. The van der Waals surface area contributed by atoms with Crippen molar-refractivity contribution >= 4 is 17.4 Å². The lowest BCUT2D eigenvalue weighted by molar-refractivity contribution is -0.140. The third kappa shape index (κ3) is 4.55. The lowest BCUT2D eigenvalue weighted by Crippen LogP contribution is -2.35. The Morgan fingerprint density at radius 2 is 1.81 bits per heavy atom. The van der Waals surface area contributed by atoms with E-state index < -0.39 is 17.7 Å². The molecule has 0 bridgehead atoms. The maximum absolute atomic E-state index is 13.0. The number of rotatable bonds is 8. The van der Waals surface area contributed by atoms with Crippen molar-refractivity contribution in [3.63, 3.8) is 0 Å². The summed E-state index contributed by atoms with van der Waals surface area (Å²) < 4.78 is 10.5. The molecule has 1 fully saturated rings. The van der Waals surface area contributed by atoms with Crippen molar-refractivity contribution < 1.29 is 29.3 Å². The van der Waals surface area contributed by atoms with Gasteiger partial charge in [-0.25, -0.2) is 0 Å². The molecule has 0 aliphatic carbocycles. The summed E-state index contributed by atoms with van der Waals surface area (Å²) in [7, 11) is 5.17. The van der Waals surface area contributed by atoms with Crippen LogP contribution in [-0.2, 0) is 9.59 Å². The lowest BCUT2D eigenvalue weighted by atomic mass is 9.95. The highest BCUT2D eigenvalue weighted by Gasteiger charge is 2.46. The molecule has 0 spiro atoms. The molecule has 1 amide bonds. The highest BCUT2D eigenvalue weighted by molar-refractivity contribution is 6.46. The number of methoxy groups -OCH3 is 1. The number of ketones is 1. The average Bonchev–Trinajstić information content (AvgIpc) is 3.02. The van der Waals surface area contributed by atoms with E-state index in [9.17, 15) is 19.8 Å². The summed E-state index contributed by atoms with van der Waals surface area (Å²) in [5, 5.41) is 21.4. The van der Waals surface area contributed by atoms with Gasteiger partial charge in [-0.2, -0.15) is 0 Å². The standard InChI is InChI=1S/C24H28N2O6/c1-5-32-17-9-6-15(7-10-17)22(28)20-21(16-8-11-19(31-4)18(27)14-16)26(13-12-25(2)3)24(30)23(20)29/h6-11,14,21,27-28H,5,12-13H2,1-4H3/b22-20-. The Kier molecular flexibility index (Phi) is 7.05. The van der Waals surface area contributed by atoms with Crippen molar-refractivity contribution in [2.24, 2.45) is 0 Å². The Hall–Kier alpha value is -3.52. The fraction of sp³-hybridized carbons (Fsp3) is 0.333. The Bertz CT molecular complexity index is 1030. The van der Waals surface area contributed by atoms with Gasteiger partial charge in [-0.3, -0.25) is 9.59 Å². The number of hydrogen-bond donors (Lipinski definition) is 2. The zero-order valence-electron chi connectivity index (χ0n) is 18.7. The topological polar surface area (TPSA) is 99.5 Å². The summed E-state index contributed by atoms with van der Waals surface area (Å²) >= 11 is 0. The van der Waals surface area contributed by atoms with Crippen LogP contribution in [0.3, 0.4) is 0 Å². The van der Waals surface area contributed by atoms with E-state index in [0.717, 1.165) is 0 Å². The van der Waals surface area contributed by atoms with Crippen molar-refractivity contribution in [1.82, 2.24) is 9.80 Å². The van der Waals surface area contributed by atoms with Gasteiger partial charge in [-0.05, 0) is 63.0 Å². The monoisotopic (exact) mass is 440 g/mol. The minimum Gasteiger partial charge on any atom is -0.507 e. The molecule has 1 heterocycles. The minimum absolute atomic E-state index is 0.0255. The van der Waals surface area contributed by atoms with Crippen molar-refractivity contribution in [3.05, 3.63) is 59.2 Å². The molecule has 2 N–H and O–H groups in total. The molecule has 3 rings (SSSR count). The predicted molar refractivity (Wildman–Crippen MR) is 120 cm³/mol. The van der Waals surface area contributed by atoms with Gasteiger partial charge in [0.25, 0.3) is 11.7 Å². The molecule has 1 aliphatic rings. The highest BCUT2D eigenvalue weighted by atomic mass is 16.5. The van der Waals surface area contributed by atoms with Crippen LogP contribution in [-0.4, -0.2) is 72.6 Å². The van der Waals surface area contributed by atoms with Crippen LogP contribution in [0.1, 0.15) is 24.1 Å². The van der Waals surface area contributed by atoms with Crippen LogP contribution >= 0.6 is 0 Å². The molecule has 170 valence electrons.